The van der Waals surface area contributed by atoms with Gasteiger partial charge in [0.2, 0.25) is 0 Å². The molecule has 1 aromatic rings. The second-order valence-electron chi connectivity index (χ2n) is 4.61. The number of aliphatic hydroxyl groups is 1. The monoisotopic (exact) mass is 222 g/mol. The minimum Gasteiger partial charge on any atom is -0.394 e. The largest absolute Gasteiger partial charge is 0.394 e. The van der Waals surface area contributed by atoms with E-state index < -0.39 is 5.54 Å². The van der Waals surface area contributed by atoms with Crippen LogP contribution in [0.5, 0.6) is 0 Å². The summed E-state index contributed by atoms with van der Waals surface area (Å²) in [7, 11) is 0. The number of nitrogens with zero attached hydrogens (tertiary/aromatic N) is 1. The number of para-hydroxylation sites is 1. The number of aliphatic hydroxyl groups excluding tert-OH is 1. The summed E-state index contributed by atoms with van der Waals surface area (Å²) in [6.07, 6.45) is 0. The van der Waals surface area contributed by atoms with Crippen molar-refractivity contribution in [2.75, 3.05) is 24.6 Å². The van der Waals surface area contributed by atoms with E-state index >= 15 is 0 Å². The average Bonchev–Trinajstić information content (AvgIpc) is 2.27. The maximum absolute atomic E-state index is 9.20. The highest BCUT2D eigenvalue weighted by Crippen LogP contribution is 2.20. The first-order valence-corrected chi connectivity index (χ1v) is 5.70. The summed E-state index contributed by atoms with van der Waals surface area (Å²) >= 11 is 0. The minimum absolute atomic E-state index is 0.00458. The first-order valence-electron chi connectivity index (χ1n) is 5.70. The number of likely N-dealkylation sites (N-methyl/N-ethyl adjacent to an activating group) is 1. The molecule has 0 aliphatic rings. The summed E-state index contributed by atoms with van der Waals surface area (Å²) < 4.78 is 0. The van der Waals surface area contributed by atoms with Crippen LogP contribution in [0.4, 0.5) is 5.69 Å². The Bertz CT molecular complexity index is 336. The lowest BCUT2D eigenvalue weighted by atomic mass is 10.0. The second-order valence-corrected chi connectivity index (χ2v) is 4.61. The predicted molar refractivity (Wildman–Crippen MR) is 68.7 cm³/mol. The molecule has 0 amide bonds. The normalized spacial score (nSPS) is 14.6. The number of hydrogen-bond donors (Lipinski definition) is 2. The van der Waals surface area contributed by atoms with Crippen molar-refractivity contribution in [2.24, 2.45) is 5.73 Å². The van der Waals surface area contributed by atoms with Gasteiger partial charge in [-0.15, -0.1) is 0 Å². The number of anilines is 1. The van der Waals surface area contributed by atoms with Crippen LogP contribution in [-0.4, -0.2) is 30.3 Å². The van der Waals surface area contributed by atoms with Crippen molar-refractivity contribution in [3.8, 4) is 0 Å². The Morgan fingerprint density at radius 3 is 2.50 bits per heavy atom. The quantitative estimate of drug-likeness (QED) is 0.794. The molecular weight excluding hydrogens is 200 g/mol. The van der Waals surface area contributed by atoms with Crippen LogP contribution in [0.15, 0.2) is 24.3 Å². The van der Waals surface area contributed by atoms with Crippen molar-refractivity contribution in [2.45, 2.75) is 26.3 Å². The molecule has 1 atom stereocenters. The van der Waals surface area contributed by atoms with Crippen molar-refractivity contribution < 1.29 is 5.11 Å². The topological polar surface area (TPSA) is 49.5 Å². The molecule has 0 fully saturated rings. The summed E-state index contributed by atoms with van der Waals surface area (Å²) in [6, 6.07) is 8.23. The molecule has 3 heteroatoms. The van der Waals surface area contributed by atoms with Gasteiger partial charge in [-0.1, -0.05) is 18.2 Å². The van der Waals surface area contributed by atoms with Gasteiger partial charge in [0, 0.05) is 18.8 Å². The van der Waals surface area contributed by atoms with E-state index in [2.05, 4.69) is 30.9 Å². The molecule has 16 heavy (non-hydrogen) atoms. The van der Waals surface area contributed by atoms with E-state index in [-0.39, 0.29) is 6.61 Å². The predicted octanol–water partition coefficient (Wildman–Crippen LogP) is 1.53. The molecule has 0 aromatic heterocycles. The number of hydrogen-bond acceptors (Lipinski definition) is 3. The molecule has 1 rings (SSSR count). The third-order valence-corrected chi connectivity index (χ3v) is 2.75. The van der Waals surface area contributed by atoms with Gasteiger partial charge in [0.1, 0.15) is 0 Å². The molecule has 90 valence electrons. The Morgan fingerprint density at radius 1 is 1.38 bits per heavy atom. The molecule has 0 radical (unpaired) electrons. The standard InChI is InChI=1S/C13H22N2O/c1-4-15(9-13(3,14)10-16)12-8-6-5-7-11(12)2/h5-8,16H,4,9-10,14H2,1-3H3. The highest BCUT2D eigenvalue weighted by Gasteiger charge is 2.21. The van der Waals surface area contributed by atoms with Crippen molar-refractivity contribution in [1.82, 2.24) is 0 Å². The van der Waals surface area contributed by atoms with Crippen LogP contribution in [0.3, 0.4) is 0 Å². The molecule has 3 nitrogen and oxygen atoms in total. The maximum atomic E-state index is 9.20. The van der Waals surface area contributed by atoms with Gasteiger partial charge in [0.25, 0.3) is 0 Å². The van der Waals surface area contributed by atoms with Crippen LogP contribution in [0.2, 0.25) is 0 Å². The summed E-state index contributed by atoms with van der Waals surface area (Å²) in [5, 5.41) is 9.20. The van der Waals surface area contributed by atoms with E-state index in [1.165, 1.54) is 11.3 Å². The molecule has 3 N–H and O–H groups in total. The average molecular weight is 222 g/mol. The van der Waals surface area contributed by atoms with Crippen LogP contribution in [0.1, 0.15) is 19.4 Å². The first kappa shape index (κ1) is 13.0. The molecule has 0 saturated heterocycles. The van der Waals surface area contributed by atoms with E-state index in [0.717, 1.165) is 6.54 Å². The van der Waals surface area contributed by atoms with Gasteiger partial charge >= 0.3 is 0 Å². The maximum Gasteiger partial charge on any atom is 0.0625 e. The number of aryl methyl sites for hydroxylation is 1. The molecule has 0 heterocycles. The lowest BCUT2D eigenvalue weighted by Gasteiger charge is -2.33. The van der Waals surface area contributed by atoms with Gasteiger partial charge < -0.3 is 15.7 Å². The van der Waals surface area contributed by atoms with Crippen LogP contribution in [0, 0.1) is 6.92 Å². The van der Waals surface area contributed by atoms with E-state index in [4.69, 9.17) is 5.73 Å². The van der Waals surface area contributed by atoms with Crippen molar-refractivity contribution in [1.29, 1.82) is 0 Å². The Morgan fingerprint density at radius 2 is 2.00 bits per heavy atom. The first-order chi connectivity index (χ1) is 7.50. The van der Waals surface area contributed by atoms with Crippen molar-refractivity contribution >= 4 is 5.69 Å². The van der Waals surface area contributed by atoms with Gasteiger partial charge in [0.15, 0.2) is 0 Å². The summed E-state index contributed by atoms with van der Waals surface area (Å²) in [6.45, 7) is 7.59. The molecular formula is C13H22N2O. The van der Waals surface area contributed by atoms with Crippen LogP contribution in [0.25, 0.3) is 0 Å². The lowest BCUT2D eigenvalue weighted by molar-refractivity contribution is 0.211. The van der Waals surface area contributed by atoms with Crippen LogP contribution in [-0.2, 0) is 0 Å². The Balaban J connectivity index is 2.87. The van der Waals surface area contributed by atoms with Crippen molar-refractivity contribution in [3.05, 3.63) is 29.8 Å². The molecule has 0 saturated carbocycles. The Kier molecular flexibility index (Phi) is 4.33. The molecule has 1 unspecified atom stereocenters. The lowest BCUT2D eigenvalue weighted by Crippen LogP contribution is -2.50. The third kappa shape index (κ3) is 3.22. The van der Waals surface area contributed by atoms with Gasteiger partial charge in [-0.05, 0) is 32.4 Å². The van der Waals surface area contributed by atoms with Gasteiger partial charge in [-0.3, -0.25) is 0 Å². The molecule has 0 aliphatic carbocycles. The molecule has 0 spiro atoms. The fourth-order valence-corrected chi connectivity index (χ4v) is 1.77. The highest BCUT2D eigenvalue weighted by atomic mass is 16.3. The number of benzene rings is 1. The van der Waals surface area contributed by atoms with Gasteiger partial charge in [-0.25, -0.2) is 0 Å². The summed E-state index contributed by atoms with van der Waals surface area (Å²) in [5.41, 5.74) is 7.86. The van der Waals surface area contributed by atoms with Gasteiger partial charge in [0.05, 0.1) is 12.1 Å². The van der Waals surface area contributed by atoms with E-state index in [0.29, 0.717) is 6.54 Å². The highest BCUT2D eigenvalue weighted by molar-refractivity contribution is 5.53. The van der Waals surface area contributed by atoms with Crippen LogP contribution >= 0.6 is 0 Å². The molecule has 0 aliphatic heterocycles. The Labute approximate surface area is 97.9 Å². The third-order valence-electron chi connectivity index (χ3n) is 2.75. The second kappa shape index (κ2) is 5.32. The summed E-state index contributed by atoms with van der Waals surface area (Å²) in [4.78, 5) is 2.20. The zero-order valence-electron chi connectivity index (χ0n) is 10.4. The fraction of sp³-hybridized carbons (Fsp3) is 0.538. The smallest absolute Gasteiger partial charge is 0.0625 e. The minimum atomic E-state index is -0.557. The van der Waals surface area contributed by atoms with E-state index in [1.54, 1.807) is 0 Å². The van der Waals surface area contributed by atoms with Crippen LogP contribution < -0.4 is 10.6 Å². The number of nitrogens with two attached hydrogens (primary N) is 1. The zero-order chi connectivity index (χ0) is 12.2. The molecule has 1 aromatic carbocycles. The van der Waals surface area contributed by atoms with Gasteiger partial charge in [-0.2, -0.15) is 0 Å². The summed E-state index contributed by atoms with van der Waals surface area (Å²) in [5.74, 6) is 0. The Hall–Kier alpha value is -1.06. The number of rotatable bonds is 5. The van der Waals surface area contributed by atoms with E-state index in [1.807, 2.05) is 19.1 Å². The molecule has 0 bridgehead atoms. The SMILES string of the molecule is CCN(CC(C)(N)CO)c1ccccc1C. The van der Waals surface area contributed by atoms with E-state index in [9.17, 15) is 5.11 Å². The fourth-order valence-electron chi connectivity index (χ4n) is 1.77. The zero-order valence-corrected chi connectivity index (χ0v) is 10.4. The van der Waals surface area contributed by atoms with Crippen molar-refractivity contribution in [3.63, 3.8) is 0 Å².